The quantitative estimate of drug-likeness (QED) is 0.450. The second-order valence-corrected chi connectivity index (χ2v) is 8.18. The minimum atomic E-state index is -0.352. The Morgan fingerprint density at radius 1 is 0.935 bits per heavy atom. The van der Waals surface area contributed by atoms with Crippen LogP contribution in [0.15, 0.2) is 54.6 Å². The highest BCUT2D eigenvalue weighted by atomic mass is 32.1. The second kappa shape index (κ2) is 12.1. The molecule has 3 rings (SSSR count). The lowest BCUT2D eigenvalue weighted by atomic mass is 9.87. The van der Waals surface area contributed by atoms with E-state index in [0.29, 0.717) is 30.3 Å². The predicted molar refractivity (Wildman–Crippen MR) is 125 cm³/mol. The molecule has 0 atom stereocenters. The summed E-state index contributed by atoms with van der Waals surface area (Å²) in [7, 11) is 0. The maximum atomic E-state index is 12.3. The van der Waals surface area contributed by atoms with Gasteiger partial charge in [0.05, 0.1) is 6.61 Å². The molecule has 1 aliphatic carbocycles. The summed E-state index contributed by atoms with van der Waals surface area (Å²) in [6.45, 7) is 0.560. The second-order valence-electron chi connectivity index (χ2n) is 7.77. The van der Waals surface area contributed by atoms with E-state index in [-0.39, 0.29) is 16.9 Å². The van der Waals surface area contributed by atoms with E-state index in [0.717, 1.165) is 19.3 Å². The number of hydrazine groups is 1. The molecular weight excluding hydrogens is 410 g/mol. The number of ether oxygens (including phenoxy) is 1. The minimum absolute atomic E-state index is 0.0604. The molecule has 0 radical (unpaired) electrons. The van der Waals surface area contributed by atoms with Gasteiger partial charge in [0.2, 0.25) is 5.91 Å². The van der Waals surface area contributed by atoms with Gasteiger partial charge in [-0.2, -0.15) is 0 Å². The van der Waals surface area contributed by atoms with Gasteiger partial charge in [0, 0.05) is 18.4 Å². The van der Waals surface area contributed by atoms with E-state index in [4.69, 9.17) is 17.0 Å². The highest BCUT2D eigenvalue weighted by Crippen LogP contribution is 2.25. The van der Waals surface area contributed by atoms with Crippen molar-refractivity contribution in [3.63, 3.8) is 0 Å². The topological polar surface area (TPSA) is 79.5 Å². The standard InChI is InChI=1S/C24H29N3O3S/c28-22(17-19-9-5-2-6-10-19)26-27-24(31)25-23(29)20-11-13-21(14-12-20)30-16-15-18-7-3-1-4-8-18/h1,3-4,7-8,11-14,19H,2,5-6,9-10,15-17H2,(H,26,28)(H2,25,27,29,31). The van der Waals surface area contributed by atoms with Crippen LogP contribution >= 0.6 is 12.2 Å². The van der Waals surface area contributed by atoms with E-state index >= 15 is 0 Å². The Morgan fingerprint density at radius 2 is 1.65 bits per heavy atom. The maximum absolute atomic E-state index is 12.3. The van der Waals surface area contributed by atoms with E-state index < -0.39 is 0 Å². The van der Waals surface area contributed by atoms with E-state index in [1.165, 1.54) is 24.8 Å². The zero-order valence-electron chi connectivity index (χ0n) is 17.6. The first-order chi connectivity index (χ1) is 15.1. The summed E-state index contributed by atoms with van der Waals surface area (Å²) in [5.74, 6) is 0.672. The first-order valence-corrected chi connectivity index (χ1v) is 11.2. The molecule has 0 saturated heterocycles. The van der Waals surface area contributed by atoms with E-state index in [2.05, 4.69) is 28.3 Å². The van der Waals surface area contributed by atoms with Crippen LogP contribution in [0.2, 0.25) is 0 Å². The fraction of sp³-hybridized carbons (Fsp3) is 0.375. The van der Waals surface area contributed by atoms with Crippen molar-refractivity contribution in [3.8, 4) is 5.75 Å². The van der Waals surface area contributed by atoms with Crippen LogP contribution in [0.1, 0.15) is 54.4 Å². The highest BCUT2D eigenvalue weighted by Gasteiger charge is 2.17. The van der Waals surface area contributed by atoms with E-state index in [9.17, 15) is 9.59 Å². The van der Waals surface area contributed by atoms with Crippen LogP contribution in [0.4, 0.5) is 0 Å². The smallest absolute Gasteiger partial charge is 0.257 e. The predicted octanol–water partition coefficient (Wildman–Crippen LogP) is 3.91. The third-order valence-electron chi connectivity index (χ3n) is 5.36. The molecule has 0 unspecified atom stereocenters. The highest BCUT2D eigenvalue weighted by molar-refractivity contribution is 7.80. The average molecular weight is 440 g/mol. The molecule has 1 saturated carbocycles. The number of hydrogen-bond acceptors (Lipinski definition) is 4. The summed E-state index contributed by atoms with van der Waals surface area (Å²) >= 11 is 5.10. The summed E-state index contributed by atoms with van der Waals surface area (Å²) in [6.07, 6.45) is 7.13. The first kappa shape index (κ1) is 22.7. The Balaban J connectivity index is 1.36. The molecular formula is C24H29N3O3S. The van der Waals surface area contributed by atoms with Gasteiger partial charge in [-0.3, -0.25) is 25.8 Å². The lowest BCUT2D eigenvalue weighted by Crippen LogP contribution is -2.48. The largest absolute Gasteiger partial charge is 0.493 e. The van der Waals surface area contributed by atoms with Crippen LogP contribution in [-0.4, -0.2) is 23.5 Å². The first-order valence-electron chi connectivity index (χ1n) is 10.8. The molecule has 0 aromatic heterocycles. The van der Waals surface area contributed by atoms with Crippen LogP contribution in [0, 0.1) is 5.92 Å². The summed E-state index contributed by atoms with van der Waals surface area (Å²) in [5.41, 5.74) is 6.84. The number of thiocarbonyl (C=S) groups is 1. The van der Waals surface area contributed by atoms with Gasteiger partial charge in [0.25, 0.3) is 5.91 Å². The molecule has 0 bridgehead atoms. The SMILES string of the molecule is O=C(CC1CCCCC1)NNC(=S)NC(=O)c1ccc(OCCc2ccccc2)cc1. The van der Waals surface area contributed by atoms with Gasteiger partial charge in [-0.25, -0.2) is 0 Å². The molecule has 2 aromatic rings. The fourth-order valence-corrected chi connectivity index (χ4v) is 3.82. The molecule has 1 fully saturated rings. The lowest BCUT2D eigenvalue weighted by molar-refractivity contribution is -0.122. The van der Waals surface area contributed by atoms with E-state index in [1.807, 2.05) is 18.2 Å². The van der Waals surface area contributed by atoms with Crippen LogP contribution in [0.25, 0.3) is 0 Å². The molecule has 164 valence electrons. The van der Waals surface area contributed by atoms with Gasteiger partial charge in [0.1, 0.15) is 5.75 Å². The fourth-order valence-electron chi connectivity index (χ4n) is 3.67. The number of hydrogen-bond donors (Lipinski definition) is 3. The van der Waals surface area contributed by atoms with Crippen LogP contribution in [0.3, 0.4) is 0 Å². The molecule has 7 heteroatoms. The third-order valence-corrected chi connectivity index (χ3v) is 5.56. The van der Waals surface area contributed by atoms with Crippen molar-refractivity contribution in [2.45, 2.75) is 44.9 Å². The van der Waals surface area contributed by atoms with Crippen molar-refractivity contribution in [3.05, 3.63) is 65.7 Å². The summed E-state index contributed by atoms with van der Waals surface area (Å²) < 4.78 is 5.74. The van der Waals surface area contributed by atoms with Crippen molar-refractivity contribution in [1.29, 1.82) is 0 Å². The molecule has 1 aliphatic rings. The monoisotopic (exact) mass is 439 g/mol. The Labute approximate surface area is 188 Å². The summed E-state index contributed by atoms with van der Waals surface area (Å²) in [5, 5.41) is 2.63. The Morgan fingerprint density at radius 3 is 2.35 bits per heavy atom. The van der Waals surface area contributed by atoms with Gasteiger partial charge >= 0.3 is 0 Å². The third kappa shape index (κ3) is 8.02. The van der Waals surface area contributed by atoms with Crippen molar-refractivity contribution >= 4 is 29.1 Å². The van der Waals surface area contributed by atoms with Gasteiger partial charge in [-0.1, -0.05) is 49.6 Å². The Bertz CT molecular complexity index is 865. The van der Waals surface area contributed by atoms with Gasteiger partial charge in [-0.05, 0) is 60.8 Å². The number of carbonyl (C=O) groups is 2. The van der Waals surface area contributed by atoms with Gasteiger partial charge < -0.3 is 4.74 Å². The molecule has 3 N–H and O–H groups in total. The van der Waals surface area contributed by atoms with Gasteiger partial charge in [-0.15, -0.1) is 0 Å². The molecule has 0 spiro atoms. The Hall–Kier alpha value is -2.93. The molecule has 6 nitrogen and oxygen atoms in total. The molecule has 2 aromatic carbocycles. The van der Waals surface area contributed by atoms with Crippen molar-refractivity contribution in [2.75, 3.05) is 6.61 Å². The maximum Gasteiger partial charge on any atom is 0.257 e. The minimum Gasteiger partial charge on any atom is -0.493 e. The number of benzene rings is 2. The zero-order valence-corrected chi connectivity index (χ0v) is 18.4. The summed E-state index contributed by atoms with van der Waals surface area (Å²) in [4.78, 5) is 24.4. The number of rotatable bonds is 7. The molecule has 2 amide bonds. The average Bonchev–Trinajstić information content (AvgIpc) is 2.79. The Kier molecular flexibility index (Phi) is 8.84. The zero-order chi connectivity index (χ0) is 21.9. The number of amides is 2. The van der Waals surface area contributed by atoms with Crippen LogP contribution < -0.4 is 20.9 Å². The normalized spacial score (nSPS) is 13.8. The van der Waals surface area contributed by atoms with Crippen LogP contribution in [-0.2, 0) is 11.2 Å². The molecule has 0 aliphatic heterocycles. The van der Waals surface area contributed by atoms with E-state index in [1.54, 1.807) is 24.3 Å². The number of nitrogens with one attached hydrogen (secondary N) is 3. The lowest BCUT2D eigenvalue weighted by Gasteiger charge is -2.21. The summed E-state index contributed by atoms with van der Waals surface area (Å²) in [6, 6.07) is 17.0. The van der Waals surface area contributed by atoms with Crippen molar-refractivity contribution in [1.82, 2.24) is 16.2 Å². The van der Waals surface area contributed by atoms with Crippen LogP contribution in [0.5, 0.6) is 5.75 Å². The molecule has 31 heavy (non-hydrogen) atoms. The van der Waals surface area contributed by atoms with Crippen molar-refractivity contribution < 1.29 is 14.3 Å². The van der Waals surface area contributed by atoms with Gasteiger partial charge in [0.15, 0.2) is 5.11 Å². The molecule has 0 heterocycles. The number of carbonyl (C=O) groups excluding carboxylic acids is 2. The van der Waals surface area contributed by atoms with Crippen molar-refractivity contribution in [2.24, 2.45) is 5.92 Å².